The molecule has 0 spiro atoms. The van der Waals surface area contributed by atoms with Crippen LogP contribution in [0.4, 0.5) is 10.1 Å². The average Bonchev–Trinajstić information content (AvgIpc) is 3.40. The topological polar surface area (TPSA) is 81.9 Å². The average molecular weight is 381 g/mol. The van der Waals surface area contributed by atoms with E-state index in [1.807, 2.05) is 22.9 Å². The fraction of sp³-hybridized carbons (Fsp3) is 0.300. The van der Waals surface area contributed by atoms with Crippen molar-refractivity contribution in [1.82, 2.24) is 20.2 Å². The zero-order valence-corrected chi connectivity index (χ0v) is 15.6. The van der Waals surface area contributed by atoms with E-state index in [9.17, 15) is 9.18 Å². The van der Waals surface area contributed by atoms with E-state index in [4.69, 9.17) is 4.74 Å². The Balaban J connectivity index is 1.49. The van der Waals surface area contributed by atoms with Gasteiger partial charge in [-0.3, -0.25) is 4.79 Å². The number of anilines is 1. The molecule has 0 radical (unpaired) electrons. The number of amides is 1. The van der Waals surface area contributed by atoms with Crippen molar-refractivity contribution in [2.24, 2.45) is 0 Å². The van der Waals surface area contributed by atoms with Gasteiger partial charge in [0.2, 0.25) is 0 Å². The molecule has 1 aromatic heterocycles. The molecule has 0 saturated heterocycles. The first-order valence-corrected chi connectivity index (χ1v) is 9.07. The number of rotatable bonds is 6. The lowest BCUT2D eigenvalue weighted by atomic mass is 10.1. The molecule has 1 aliphatic rings. The van der Waals surface area contributed by atoms with Crippen molar-refractivity contribution in [2.75, 3.05) is 5.32 Å². The molecule has 1 aliphatic carbocycles. The van der Waals surface area contributed by atoms with Gasteiger partial charge in [0.05, 0.1) is 6.04 Å². The highest BCUT2D eigenvalue weighted by Crippen LogP contribution is 2.36. The molecular weight excluding hydrogens is 361 g/mol. The van der Waals surface area contributed by atoms with Crippen LogP contribution in [-0.4, -0.2) is 31.7 Å². The molecule has 28 heavy (non-hydrogen) atoms. The minimum absolute atomic E-state index is 0.323. The van der Waals surface area contributed by atoms with E-state index >= 15 is 0 Å². The van der Waals surface area contributed by atoms with Gasteiger partial charge in [0.15, 0.2) is 11.4 Å². The molecular formula is C20H20FN5O2. The molecule has 0 bridgehead atoms. The normalized spacial score (nSPS) is 14.0. The predicted octanol–water partition coefficient (Wildman–Crippen LogP) is 3.61. The number of ether oxygens (including phenoxy) is 1. The number of nitrogens with zero attached hydrogens (tertiary/aromatic N) is 4. The van der Waals surface area contributed by atoms with Crippen molar-refractivity contribution >= 4 is 11.6 Å². The van der Waals surface area contributed by atoms with Crippen LogP contribution in [-0.2, 0) is 4.79 Å². The number of halogens is 1. The molecule has 144 valence electrons. The summed E-state index contributed by atoms with van der Waals surface area (Å²) in [5, 5.41) is 14.8. The Morgan fingerprint density at radius 1 is 1.21 bits per heavy atom. The number of nitrogens with one attached hydrogen (secondary N) is 1. The monoisotopic (exact) mass is 381 g/mol. The maximum atomic E-state index is 13.1. The van der Waals surface area contributed by atoms with E-state index in [-0.39, 0.29) is 11.7 Å². The van der Waals surface area contributed by atoms with Crippen LogP contribution in [0.5, 0.6) is 5.75 Å². The molecule has 3 aromatic rings. The Labute approximate surface area is 161 Å². The summed E-state index contributed by atoms with van der Waals surface area (Å²) in [7, 11) is 0. The van der Waals surface area contributed by atoms with Crippen LogP contribution in [0.15, 0.2) is 48.5 Å². The van der Waals surface area contributed by atoms with Gasteiger partial charge < -0.3 is 10.1 Å². The lowest BCUT2D eigenvalue weighted by Crippen LogP contribution is -2.42. The summed E-state index contributed by atoms with van der Waals surface area (Å²) in [6.07, 6.45) is 2.15. The standard InChI is InChI=1S/C20H20FN5O2/c1-20(2,28-17-10-6-14(21)7-11-17)19(27)22-15-5-3-4-13(12-15)18-23-24-25-26(18)16-8-9-16/h3-7,10-12,16H,8-9H2,1-2H3,(H,22,27). The number of hydrogen-bond donors (Lipinski definition) is 1. The van der Waals surface area contributed by atoms with Crippen LogP contribution in [0, 0.1) is 5.82 Å². The molecule has 8 heteroatoms. The highest BCUT2D eigenvalue weighted by Gasteiger charge is 2.31. The van der Waals surface area contributed by atoms with Crippen LogP contribution in [0.1, 0.15) is 32.7 Å². The van der Waals surface area contributed by atoms with Crippen molar-refractivity contribution in [3.63, 3.8) is 0 Å². The van der Waals surface area contributed by atoms with Gasteiger partial charge >= 0.3 is 0 Å². The van der Waals surface area contributed by atoms with Gasteiger partial charge in [-0.25, -0.2) is 9.07 Å². The van der Waals surface area contributed by atoms with Gasteiger partial charge in [0.1, 0.15) is 11.6 Å². The molecule has 0 aliphatic heterocycles. The molecule has 1 fully saturated rings. The zero-order valence-electron chi connectivity index (χ0n) is 15.6. The van der Waals surface area contributed by atoms with Crippen molar-refractivity contribution in [3.05, 3.63) is 54.3 Å². The first-order chi connectivity index (χ1) is 13.4. The second kappa shape index (κ2) is 7.03. The Hall–Kier alpha value is -3.29. The van der Waals surface area contributed by atoms with Crippen LogP contribution < -0.4 is 10.1 Å². The van der Waals surface area contributed by atoms with Gasteiger partial charge in [-0.2, -0.15) is 0 Å². The van der Waals surface area contributed by atoms with Crippen LogP contribution in [0.25, 0.3) is 11.4 Å². The number of carbonyl (C=O) groups is 1. The van der Waals surface area contributed by atoms with Crippen LogP contribution in [0.2, 0.25) is 0 Å². The Morgan fingerprint density at radius 2 is 1.96 bits per heavy atom. The maximum Gasteiger partial charge on any atom is 0.267 e. The first-order valence-electron chi connectivity index (χ1n) is 9.07. The zero-order chi connectivity index (χ0) is 19.7. The lowest BCUT2D eigenvalue weighted by molar-refractivity contribution is -0.128. The van der Waals surface area contributed by atoms with Gasteiger partial charge in [0, 0.05) is 11.3 Å². The van der Waals surface area contributed by atoms with E-state index in [0.29, 0.717) is 23.3 Å². The molecule has 1 N–H and O–H groups in total. The minimum atomic E-state index is -1.15. The first kappa shape index (κ1) is 18.1. The lowest BCUT2D eigenvalue weighted by Gasteiger charge is -2.25. The van der Waals surface area contributed by atoms with E-state index in [1.165, 1.54) is 24.3 Å². The Morgan fingerprint density at radius 3 is 2.68 bits per heavy atom. The molecule has 0 atom stereocenters. The third-order valence-electron chi connectivity index (χ3n) is 4.50. The van der Waals surface area contributed by atoms with Crippen LogP contribution >= 0.6 is 0 Å². The molecule has 1 saturated carbocycles. The molecule has 2 aromatic carbocycles. The van der Waals surface area contributed by atoms with E-state index in [0.717, 1.165) is 18.4 Å². The maximum absolute atomic E-state index is 13.1. The minimum Gasteiger partial charge on any atom is -0.478 e. The number of aromatic nitrogens is 4. The predicted molar refractivity (Wildman–Crippen MR) is 101 cm³/mol. The number of carbonyl (C=O) groups excluding carboxylic acids is 1. The summed E-state index contributed by atoms with van der Waals surface area (Å²) in [5.74, 6) is 0.412. The summed E-state index contributed by atoms with van der Waals surface area (Å²) in [4.78, 5) is 12.7. The second-order valence-electron chi connectivity index (χ2n) is 7.28. The number of hydrogen-bond acceptors (Lipinski definition) is 5. The molecule has 7 nitrogen and oxygen atoms in total. The number of benzene rings is 2. The van der Waals surface area contributed by atoms with E-state index in [1.54, 1.807) is 19.9 Å². The Bertz CT molecular complexity index is 996. The molecule has 1 amide bonds. The number of tetrazole rings is 1. The van der Waals surface area contributed by atoms with Crippen LogP contribution in [0.3, 0.4) is 0 Å². The Kier molecular flexibility index (Phi) is 4.54. The quantitative estimate of drug-likeness (QED) is 0.705. The molecule has 4 rings (SSSR count). The SMILES string of the molecule is CC(C)(Oc1ccc(F)cc1)C(=O)Nc1cccc(-c2nnnn2C2CC2)c1. The summed E-state index contributed by atoms with van der Waals surface area (Å²) < 4.78 is 20.6. The van der Waals surface area contributed by atoms with Crippen molar-refractivity contribution in [1.29, 1.82) is 0 Å². The molecule has 0 unspecified atom stereocenters. The van der Waals surface area contributed by atoms with Crippen molar-refractivity contribution in [2.45, 2.75) is 38.3 Å². The van der Waals surface area contributed by atoms with Crippen molar-refractivity contribution in [3.8, 4) is 17.1 Å². The third-order valence-corrected chi connectivity index (χ3v) is 4.50. The summed E-state index contributed by atoms with van der Waals surface area (Å²) in [5.41, 5.74) is 0.291. The summed E-state index contributed by atoms with van der Waals surface area (Å²) in [6.45, 7) is 3.31. The smallest absolute Gasteiger partial charge is 0.267 e. The van der Waals surface area contributed by atoms with Gasteiger partial charge in [-0.15, -0.1) is 5.10 Å². The van der Waals surface area contributed by atoms with E-state index in [2.05, 4.69) is 20.8 Å². The summed E-state index contributed by atoms with van der Waals surface area (Å²) in [6, 6.07) is 13.3. The van der Waals surface area contributed by atoms with Gasteiger partial charge in [-0.1, -0.05) is 12.1 Å². The molecule has 1 heterocycles. The largest absolute Gasteiger partial charge is 0.478 e. The summed E-state index contributed by atoms with van der Waals surface area (Å²) >= 11 is 0. The fourth-order valence-corrected chi connectivity index (χ4v) is 2.81. The van der Waals surface area contributed by atoms with Gasteiger partial charge in [-0.05, 0) is 73.5 Å². The third kappa shape index (κ3) is 3.85. The fourth-order valence-electron chi connectivity index (χ4n) is 2.81. The van der Waals surface area contributed by atoms with Gasteiger partial charge in [0.25, 0.3) is 5.91 Å². The van der Waals surface area contributed by atoms with Crippen molar-refractivity contribution < 1.29 is 13.9 Å². The highest BCUT2D eigenvalue weighted by atomic mass is 19.1. The second-order valence-corrected chi connectivity index (χ2v) is 7.28. The highest BCUT2D eigenvalue weighted by molar-refractivity contribution is 5.97. The van der Waals surface area contributed by atoms with E-state index < -0.39 is 5.60 Å².